The van der Waals surface area contributed by atoms with E-state index in [9.17, 15) is 23.1 Å². The Morgan fingerprint density at radius 3 is 2.68 bits per heavy atom. The molecular formula is C24H31F3O4. The standard InChI is InChI=1S/C24H31F3O4/c1-5-6-7-8-15-12-18-20(21(28)19(15)22(29)30-13-24(25,26)27)16-11-14(2)9-10-17(16)23(3,4)31-18/h11-12,16-17,28H,5-10,13H2,1-4H3/t16-,17-/m1/s1. The second-order valence-electron chi connectivity index (χ2n) is 9.21. The molecule has 0 amide bonds. The molecule has 0 fully saturated rings. The van der Waals surface area contributed by atoms with Gasteiger partial charge in [-0.05, 0) is 58.1 Å². The minimum Gasteiger partial charge on any atom is -0.507 e. The van der Waals surface area contributed by atoms with Crippen molar-refractivity contribution < 1.29 is 32.5 Å². The zero-order valence-corrected chi connectivity index (χ0v) is 18.6. The van der Waals surface area contributed by atoms with E-state index in [-0.39, 0.29) is 23.1 Å². The van der Waals surface area contributed by atoms with E-state index in [0.29, 0.717) is 23.3 Å². The van der Waals surface area contributed by atoms with E-state index in [1.807, 2.05) is 27.7 Å². The van der Waals surface area contributed by atoms with Gasteiger partial charge >= 0.3 is 12.1 Å². The van der Waals surface area contributed by atoms with Crippen molar-refractivity contribution in [3.8, 4) is 11.5 Å². The van der Waals surface area contributed by atoms with Gasteiger partial charge in [0.15, 0.2) is 6.61 Å². The molecule has 0 unspecified atom stereocenters. The zero-order valence-electron chi connectivity index (χ0n) is 18.6. The number of alkyl halides is 3. The number of rotatable bonds is 6. The molecule has 1 aromatic carbocycles. The number of ether oxygens (including phenoxy) is 2. The van der Waals surface area contributed by atoms with E-state index < -0.39 is 24.4 Å². The van der Waals surface area contributed by atoms with Gasteiger partial charge in [-0.15, -0.1) is 0 Å². The predicted molar refractivity (Wildman–Crippen MR) is 112 cm³/mol. The highest BCUT2D eigenvalue weighted by molar-refractivity contribution is 5.95. The monoisotopic (exact) mass is 440 g/mol. The highest BCUT2D eigenvalue weighted by Gasteiger charge is 2.46. The van der Waals surface area contributed by atoms with Gasteiger partial charge in [0.25, 0.3) is 0 Å². The van der Waals surface area contributed by atoms with Crippen LogP contribution in [-0.4, -0.2) is 29.5 Å². The van der Waals surface area contributed by atoms with E-state index in [1.165, 1.54) is 5.57 Å². The van der Waals surface area contributed by atoms with Gasteiger partial charge in [-0.25, -0.2) is 4.79 Å². The number of unbranched alkanes of at least 4 members (excludes halogenated alkanes) is 2. The summed E-state index contributed by atoms with van der Waals surface area (Å²) in [5, 5.41) is 11.2. The normalized spacial score (nSPS) is 22.1. The van der Waals surface area contributed by atoms with Crippen molar-refractivity contribution in [2.24, 2.45) is 5.92 Å². The number of allylic oxidation sites excluding steroid dienone is 2. The number of carbonyl (C=O) groups is 1. The summed E-state index contributed by atoms with van der Waals surface area (Å²) in [7, 11) is 0. The van der Waals surface area contributed by atoms with Gasteiger partial charge in [0.05, 0.1) is 0 Å². The SMILES string of the molecule is CCCCCc1cc2c(c(O)c1C(=O)OCC(F)(F)F)[C@@H]1C=C(C)CC[C@H]1C(C)(C)O2. The predicted octanol–water partition coefficient (Wildman–Crippen LogP) is 6.45. The molecule has 0 spiro atoms. The maximum atomic E-state index is 12.7. The Morgan fingerprint density at radius 2 is 2.03 bits per heavy atom. The lowest BCUT2D eigenvalue weighted by Crippen LogP contribution is -2.45. The Hall–Kier alpha value is -2.18. The molecule has 172 valence electrons. The molecular weight excluding hydrogens is 409 g/mol. The lowest BCUT2D eigenvalue weighted by Gasteiger charge is -2.46. The zero-order chi connectivity index (χ0) is 23.0. The summed E-state index contributed by atoms with van der Waals surface area (Å²) >= 11 is 0. The average molecular weight is 441 g/mol. The van der Waals surface area contributed by atoms with Gasteiger partial charge in [0, 0.05) is 17.4 Å². The van der Waals surface area contributed by atoms with E-state index in [2.05, 4.69) is 10.8 Å². The van der Waals surface area contributed by atoms with Gasteiger partial charge in [0.2, 0.25) is 0 Å². The van der Waals surface area contributed by atoms with Crippen molar-refractivity contribution in [1.29, 1.82) is 0 Å². The van der Waals surface area contributed by atoms with Crippen molar-refractivity contribution >= 4 is 5.97 Å². The van der Waals surface area contributed by atoms with Crippen molar-refractivity contribution in [1.82, 2.24) is 0 Å². The summed E-state index contributed by atoms with van der Waals surface area (Å²) < 4.78 is 48.7. The first-order valence-electron chi connectivity index (χ1n) is 10.9. The molecule has 0 saturated heterocycles. The molecule has 7 heteroatoms. The third-order valence-electron chi connectivity index (χ3n) is 6.35. The van der Waals surface area contributed by atoms with Crippen LogP contribution in [0.3, 0.4) is 0 Å². The first-order valence-corrected chi connectivity index (χ1v) is 10.9. The van der Waals surface area contributed by atoms with Crippen LogP contribution in [0.5, 0.6) is 11.5 Å². The molecule has 0 bridgehead atoms. The van der Waals surface area contributed by atoms with Crippen LogP contribution < -0.4 is 4.74 Å². The number of benzene rings is 1. The smallest absolute Gasteiger partial charge is 0.422 e. The molecule has 4 nitrogen and oxygen atoms in total. The summed E-state index contributed by atoms with van der Waals surface area (Å²) in [6.07, 6.45) is 2.25. The van der Waals surface area contributed by atoms with Crippen molar-refractivity contribution in [2.45, 2.75) is 83.9 Å². The Morgan fingerprint density at radius 1 is 1.32 bits per heavy atom. The third-order valence-corrected chi connectivity index (χ3v) is 6.35. The first kappa shape index (κ1) is 23.5. The second kappa shape index (κ2) is 8.75. The van der Waals surface area contributed by atoms with Crippen LogP contribution in [0.15, 0.2) is 17.7 Å². The van der Waals surface area contributed by atoms with Crippen LogP contribution in [0.1, 0.15) is 87.2 Å². The minimum absolute atomic E-state index is 0.0830. The largest absolute Gasteiger partial charge is 0.507 e. The quantitative estimate of drug-likeness (QED) is 0.314. The van der Waals surface area contributed by atoms with Gasteiger partial charge in [-0.3, -0.25) is 0 Å². The average Bonchev–Trinajstić information content (AvgIpc) is 2.65. The first-order chi connectivity index (χ1) is 14.4. The number of fused-ring (bicyclic) bond motifs is 3. The highest BCUT2D eigenvalue weighted by atomic mass is 19.4. The molecule has 2 aliphatic rings. The molecule has 1 aromatic rings. The number of phenols is 1. The third kappa shape index (κ3) is 5.01. The number of aromatic hydroxyl groups is 1. The Bertz CT molecular complexity index is 871. The van der Waals surface area contributed by atoms with Crippen LogP contribution in [0.25, 0.3) is 0 Å². The molecule has 0 aromatic heterocycles. The second-order valence-corrected chi connectivity index (χ2v) is 9.21. The van der Waals surface area contributed by atoms with Crippen LogP contribution in [0, 0.1) is 5.92 Å². The van der Waals surface area contributed by atoms with Crippen molar-refractivity contribution in [3.05, 3.63) is 34.4 Å². The van der Waals surface area contributed by atoms with Gasteiger partial charge < -0.3 is 14.6 Å². The molecule has 1 heterocycles. The fourth-order valence-electron chi connectivity index (χ4n) is 4.82. The van der Waals surface area contributed by atoms with Crippen LogP contribution >= 0.6 is 0 Å². The number of phenolic OH excluding ortho intramolecular Hbond substituents is 1. The minimum atomic E-state index is -4.64. The maximum absolute atomic E-state index is 12.7. The van der Waals surface area contributed by atoms with Crippen molar-refractivity contribution in [2.75, 3.05) is 6.61 Å². The summed E-state index contributed by atoms with van der Waals surface area (Å²) in [4.78, 5) is 12.7. The van der Waals surface area contributed by atoms with Crippen molar-refractivity contribution in [3.63, 3.8) is 0 Å². The number of esters is 1. The summed E-state index contributed by atoms with van der Waals surface area (Å²) in [6.45, 7) is 6.40. The Labute approximate surface area is 181 Å². The molecule has 0 saturated carbocycles. The molecule has 1 N–H and O–H groups in total. The molecule has 1 aliphatic carbocycles. The number of hydrogen-bond donors (Lipinski definition) is 1. The summed E-state index contributed by atoms with van der Waals surface area (Å²) in [5.41, 5.74) is 1.47. The fourth-order valence-corrected chi connectivity index (χ4v) is 4.82. The van der Waals surface area contributed by atoms with Crippen LogP contribution in [0.2, 0.25) is 0 Å². The van der Waals surface area contributed by atoms with Gasteiger partial charge in [-0.1, -0.05) is 31.4 Å². The maximum Gasteiger partial charge on any atom is 0.422 e. The highest BCUT2D eigenvalue weighted by Crippen LogP contribution is 2.54. The Balaban J connectivity index is 2.10. The van der Waals surface area contributed by atoms with Crippen LogP contribution in [-0.2, 0) is 11.2 Å². The van der Waals surface area contributed by atoms with E-state index >= 15 is 0 Å². The fraction of sp³-hybridized carbons (Fsp3) is 0.625. The number of hydrogen-bond acceptors (Lipinski definition) is 4. The number of aryl methyl sites for hydroxylation is 1. The van der Waals surface area contributed by atoms with Crippen LogP contribution in [0.4, 0.5) is 13.2 Å². The van der Waals surface area contributed by atoms with E-state index in [4.69, 9.17) is 4.74 Å². The number of halogens is 3. The molecule has 31 heavy (non-hydrogen) atoms. The Kier molecular flexibility index (Phi) is 6.63. The lowest BCUT2D eigenvalue weighted by molar-refractivity contribution is -0.161. The lowest BCUT2D eigenvalue weighted by atomic mass is 9.67. The number of carbonyl (C=O) groups excluding carboxylic acids is 1. The topological polar surface area (TPSA) is 55.8 Å². The van der Waals surface area contributed by atoms with Gasteiger partial charge in [0.1, 0.15) is 22.7 Å². The van der Waals surface area contributed by atoms with Gasteiger partial charge in [-0.2, -0.15) is 13.2 Å². The molecule has 1 aliphatic heterocycles. The molecule has 0 radical (unpaired) electrons. The summed E-state index contributed by atoms with van der Waals surface area (Å²) in [6, 6.07) is 1.71. The molecule has 2 atom stereocenters. The summed E-state index contributed by atoms with van der Waals surface area (Å²) in [5.74, 6) is -1.06. The van der Waals surface area contributed by atoms with E-state index in [0.717, 1.165) is 32.1 Å². The van der Waals surface area contributed by atoms with E-state index in [1.54, 1.807) is 6.07 Å². The molecule has 3 rings (SSSR count).